The average molecular weight is 308 g/mol. The molecule has 1 unspecified atom stereocenters. The van der Waals surface area contributed by atoms with Gasteiger partial charge >= 0.3 is 0 Å². The van der Waals surface area contributed by atoms with Gasteiger partial charge < -0.3 is 10.5 Å². The summed E-state index contributed by atoms with van der Waals surface area (Å²) < 4.78 is 32.6. The zero-order valence-corrected chi connectivity index (χ0v) is 12.7. The first-order valence-corrected chi connectivity index (χ1v) is 8.46. The van der Waals surface area contributed by atoms with Crippen molar-refractivity contribution in [2.24, 2.45) is 11.7 Å². The zero-order valence-electron chi connectivity index (χ0n) is 11.8. The minimum absolute atomic E-state index is 0.225. The monoisotopic (exact) mass is 308 g/mol. The van der Waals surface area contributed by atoms with Crippen LogP contribution in [0.2, 0.25) is 0 Å². The number of nitrogens with one attached hydrogen (secondary N) is 1. The maximum Gasteiger partial charge on any atom is 0.240 e. The second-order valence-electron chi connectivity index (χ2n) is 4.97. The quantitative estimate of drug-likeness (QED) is 0.802. The Hall–Kier alpha value is -1.39. The van der Waals surface area contributed by atoms with Crippen LogP contribution in [0.1, 0.15) is 18.4 Å². The second-order valence-corrected chi connectivity index (χ2v) is 6.74. The highest BCUT2D eigenvalue weighted by Gasteiger charge is 2.19. The number of benzene rings is 1. The van der Waals surface area contributed by atoms with E-state index in [1.165, 1.54) is 0 Å². The molecule has 5 nitrogen and oxygen atoms in total. The highest BCUT2D eigenvalue weighted by Crippen LogP contribution is 2.15. The minimum Gasteiger partial charge on any atom is -0.381 e. The molecular formula is C15H20N2O3S. The number of hydrogen-bond acceptors (Lipinski definition) is 4. The van der Waals surface area contributed by atoms with Gasteiger partial charge in [-0.2, -0.15) is 0 Å². The fraction of sp³-hybridized carbons (Fsp3) is 0.467. The van der Waals surface area contributed by atoms with E-state index in [1.54, 1.807) is 24.3 Å². The van der Waals surface area contributed by atoms with Crippen molar-refractivity contribution in [3.8, 4) is 11.8 Å². The van der Waals surface area contributed by atoms with Gasteiger partial charge in [0.1, 0.15) is 0 Å². The lowest BCUT2D eigenvalue weighted by molar-refractivity contribution is 0.0568. The highest BCUT2D eigenvalue weighted by atomic mass is 32.2. The number of nitrogens with two attached hydrogens (primary N) is 1. The van der Waals surface area contributed by atoms with Gasteiger partial charge in [-0.05, 0) is 37.0 Å². The Balaban J connectivity index is 2.04. The van der Waals surface area contributed by atoms with Crippen molar-refractivity contribution in [2.45, 2.75) is 17.7 Å². The van der Waals surface area contributed by atoms with Crippen LogP contribution in [0.4, 0.5) is 0 Å². The molecule has 1 atom stereocenters. The largest absolute Gasteiger partial charge is 0.381 e. The van der Waals surface area contributed by atoms with Crippen molar-refractivity contribution >= 4 is 10.0 Å². The molecule has 0 saturated carbocycles. The maximum absolute atomic E-state index is 12.3. The van der Waals surface area contributed by atoms with Gasteiger partial charge in [0.05, 0.1) is 18.0 Å². The molecule has 1 aliphatic heterocycles. The van der Waals surface area contributed by atoms with Gasteiger partial charge in [-0.1, -0.05) is 17.9 Å². The molecule has 0 aliphatic carbocycles. The van der Waals surface area contributed by atoms with Crippen LogP contribution in [-0.2, 0) is 14.8 Å². The van der Waals surface area contributed by atoms with Gasteiger partial charge in [-0.25, -0.2) is 13.1 Å². The summed E-state index contributed by atoms with van der Waals surface area (Å²) in [6.07, 6.45) is 1.97. The average Bonchev–Trinajstić information content (AvgIpc) is 2.52. The summed E-state index contributed by atoms with van der Waals surface area (Å²) >= 11 is 0. The predicted octanol–water partition coefficient (Wildman–Crippen LogP) is 0.702. The SMILES string of the molecule is NCC#Cc1cccc(S(=O)(=O)NCC2CCCOC2)c1. The molecule has 1 saturated heterocycles. The van der Waals surface area contributed by atoms with Gasteiger partial charge in [0.25, 0.3) is 0 Å². The normalized spacial score (nSPS) is 18.8. The highest BCUT2D eigenvalue weighted by molar-refractivity contribution is 7.89. The number of rotatable bonds is 4. The number of sulfonamides is 1. The molecule has 1 heterocycles. The van der Waals surface area contributed by atoms with Crippen LogP contribution in [0.15, 0.2) is 29.2 Å². The van der Waals surface area contributed by atoms with Crippen molar-refractivity contribution in [2.75, 3.05) is 26.3 Å². The van der Waals surface area contributed by atoms with Crippen molar-refractivity contribution in [1.29, 1.82) is 0 Å². The van der Waals surface area contributed by atoms with Crippen molar-refractivity contribution in [3.05, 3.63) is 29.8 Å². The van der Waals surface area contributed by atoms with Crippen LogP contribution in [0.3, 0.4) is 0 Å². The molecule has 1 aromatic carbocycles. The molecule has 1 fully saturated rings. The van der Waals surface area contributed by atoms with Crippen molar-refractivity contribution in [1.82, 2.24) is 4.72 Å². The first-order valence-electron chi connectivity index (χ1n) is 6.98. The van der Waals surface area contributed by atoms with Crippen LogP contribution in [0.5, 0.6) is 0 Å². The Morgan fingerprint density at radius 1 is 1.43 bits per heavy atom. The Morgan fingerprint density at radius 3 is 3.00 bits per heavy atom. The minimum atomic E-state index is -3.51. The molecular weight excluding hydrogens is 288 g/mol. The number of ether oxygens (including phenoxy) is 1. The number of hydrogen-bond donors (Lipinski definition) is 2. The van der Waals surface area contributed by atoms with Crippen LogP contribution in [0, 0.1) is 17.8 Å². The van der Waals surface area contributed by atoms with E-state index in [9.17, 15) is 8.42 Å². The van der Waals surface area contributed by atoms with E-state index in [2.05, 4.69) is 16.6 Å². The van der Waals surface area contributed by atoms with Gasteiger partial charge in [0.15, 0.2) is 0 Å². The van der Waals surface area contributed by atoms with E-state index in [0.717, 1.165) is 19.4 Å². The van der Waals surface area contributed by atoms with Crippen LogP contribution in [0.25, 0.3) is 0 Å². The third kappa shape index (κ3) is 4.83. The molecule has 0 spiro atoms. The molecule has 1 aromatic rings. The Morgan fingerprint density at radius 2 is 2.29 bits per heavy atom. The van der Waals surface area contributed by atoms with E-state index in [4.69, 9.17) is 10.5 Å². The second kappa shape index (κ2) is 7.57. The lowest BCUT2D eigenvalue weighted by Crippen LogP contribution is -2.33. The maximum atomic E-state index is 12.3. The lowest BCUT2D eigenvalue weighted by atomic mass is 10.0. The van der Waals surface area contributed by atoms with Crippen molar-refractivity contribution < 1.29 is 13.2 Å². The summed E-state index contributed by atoms with van der Waals surface area (Å²) in [7, 11) is -3.51. The van der Waals surface area contributed by atoms with Crippen LogP contribution >= 0.6 is 0 Å². The molecule has 1 aliphatic rings. The lowest BCUT2D eigenvalue weighted by Gasteiger charge is -2.22. The third-order valence-electron chi connectivity index (χ3n) is 3.30. The van der Waals surface area contributed by atoms with Gasteiger partial charge in [0, 0.05) is 18.7 Å². The fourth-order valence-electron chi connectivity index (χ4n) is 2.17. The summed E-state index contributed by atoms with van der Waals surface area (Å²) in [6.45, 7) is 2.04. The van der Waals surface area contributed by atoms with Gasteiger partial charge in [0.2, 0.25) is 10.0 Å². The standard InChI is InChI=1S/C15H20N2O3S/c16-8-2-5-13-4-1-7-15(10-13)21(18,19)17-11-14-6-3-9-20-12-14/h1,4,7,10,14,17H,3,6,8-9,11-12,16H2. The summed E-state index contributed by atoms with van der Waals surface area (Å²) in [5.74, 6) is 5.79. The summed E-state index contributed by atoms with van der Waals surface area (Å²) in [5.41, 5.74) is 5.96. The summed E-state index contributed by atoms with van der Waals surface area (Å²) in [4.78, 5) is 0.225. The molecule has 0 bridgehead atoms. The molecule has 0 amide bonds. The summed E-state index contributed by atoms with van der Waals surface area (Å²) in [6, 6.07) is 6.56. The molecule has 0 radical (unpaired) electrons. The zero-order chi connectivity index (χ0) is 15.1. The van der Waals surface area contributed by atoms with E-state index in [1.807, 2.05) is 0 Å². The molecule has 114 valence electrons. The Kier molecular flexibility index (Phi) is 5.76. The molecule has 2 rings (SSSR count). The Labute approximate surface area is 125 Å². The van der Waals surface area contributed by atoms with Gasteiger partial charge in [-0.15, -0.1) is 0 Å². The predicted molar refractivity (Wildman–Crippen MR) is 81.1 cm³/mol. The molecule has 6 heteroatoms. The van der Waals surface area contributed by atoms with Gasteiger partial charge in [-0.3, -0.25) is 0 Å². The third-order valence-corrected chi connectivity index (χ3v) is 4.72. The van der Waals surface area contributed by atoms with Crippen LogP contribution in [-0.4, -0.2) is 34.7 Å². The van der Waals surface area contributed by atoms with E-state index >= 15 is 0 Å². The topological polar surface area (TPSA) is 81.4 Å². The van der Waals surface area contributed by atoms with E-state index < -0.39 is 10.0 Å². The molecule has 3 N–H and O–H groups in total. The first-order chi connectivity index (χ1) is 10.1. The molecule has 0 aromatic heterocycles. The fourth-order valence-corrected chi connectivity index (χ4v) is 3.34. The van der Waals surface area contributed by atoms with Crippen molar-refractivity contribution in [3.63, 3.8) is 0 Å². The molecule has 21 heavy (non-hydrogen) atoms. The Bertz CT molecular complexity index is 626. The first kappa shape index (κ1) is 16.0. The van der Waals surface area contributed by atoms with E-state index in [-0.39, 0.29) is 17.4 Å². The van der Waals surface area contributed by atoms with E-state index in [0.29, 0.717) is 18.7 Å². The van der Waals surface area contributed by atoms with Crippen LogP contribution < -0.4 is 10.5 Å². The smallest absolute Gasteiger partial charge is 0.240 e. The summed E-state index contributed by atoms with van der Waals surface area (Å²) in [5, 5.41) is 0.